The van der Waals surface area contributed by atoms with Crippen molar-refractivity contribution in [2.45, 2.75) is 39.5 Å². The molecule has 0 bridgehead atoms. The van der Waals surface area contributed by atoms with Gasteiger partial charge in [-0.1, -0.05) is 44.9 Å². The van der Waals surface area contributed by atoms with Gasteiger partial charge in [0.15, 0.2) is 6.73 Å². The zero-order chi connectivity index (χ0) is 15.7. The third kappa shape index (κ3) is 5.58. The molecule has 1 aromatic carbocycles. The molecule has 0 saturated heterocycles. The summed E-state index contributed by atoms with van der Waals surface area (Å²) in [5.41, 5.74) is 0.592. The SMILES string of the molecule is CCCC(CCC)C(=O)OCN(C)C(=O)c1ccccc1. The van der Waals surface area contributed by atoms with Gasteiger partial charge in [-0.2, -0.15) is 0 Å². The van der Waals surface area contributed by atoms with Crippen molar-refractivity contribution in [3.8, 4) is 0 Å². The quantitative estimate of drug-likeness (QED) is 0.544. The normalized spacial score (nSPS) is 10.5. The summed E-state index contributed by atoms with van der Waals surface area (Å²) in [7, 11) is 1.64. The Bertz CT molecular complexity index is 439. The summed E-state index contributed by atoms with van der Waals surface area (Å²) in [6.45, 7) is 4.11. The predicted octanol–water partition coefficient (Wildman–Crippen LogP) is 3.48. The molecule has 0 N–H and O–H groups in total. The Morgan fingerprint density at radius 2 is 1.67 bits per heavy atom. The van der Waals surface area contributed by atoms with Crippen LogP contribution in [0.3, 0.4) is 0 Å². The summed E-state index contributed by atoms with van der Waals surface area (Å²) in [5, 5.41) is 0. The molecule has 0 atom stereocenters. The largest absolute Gasteiger partial charge is 0.444 e. The van der Waals surface area contributed by atoms with Gasteiger partial charge in [0.2, 0.25) is 0 Å². The summed E-state index contributed by atoms with van der Waals surface area (Å²) in [6.07, 6.45) is 3.59. The fraction of sp³-hybridized carbons (Fsp3) is 0.529. The first-order valence-electron chi connectivity index (χ1n) is 7.57. The maximum absolute atomic E-state index is 12.1. The van der Waals surface area contributed by atoms with Crippen molar-refractivity contribution in [1.82, 2.24) is 4.90 Å². The molecule has 0 heterocycles. The molecule has 21 heavy (non-hydrogen) atoms. The van der Waals surface area contributed by atoms with Gasteiger partial charge in [0.25, 0.3) is 5.91 Å². The van der Waals surface area contributed by atoms with Crippen LogP contribution in [0.2, 0.25) is 0 Å². The second kappa shape index (κ2) is 9.16. The zero-order valence-corrected chi connectivity index (χ0v) is 13.2. The predicted molar refractivity (Wildman–Crippen MR) is 82.8 cm³/mol. The van der Waals surface area contributed by atoms with E-state index in [-0.39, 0.29) is 24.5 Å². The van der Waals surface area contributed by atoms with E-state index in [9.17, 15) is 9.59 Å². The first-order chi connectivity index (χ1) is 10.1. The zero-order valence-electron chi connectivity index (χ0n) is 13.2. The Balaban J connectivity index is 2.49. The molecule has 1 rings (SSSR count). The molecule has 0 saturated carbocycles. The highest BCUT2D eigenvalue weighted by Crippen LogP contribution is 2.15. The van der Waals surface area contributed by atoms with E-state index in [1.54, 1.807) is 19.2 Å². The fourth-order valence-corrected chi connectivity index (χ4v) is 2.22. The molecule has 0 spiro atoms. The van der Waals surface area contributed by atoms with Crippen molar-refractivity contribution >= 4 is 11.9 Å². The lowest BCUT2D eigenvalue weighted by molar-refractivity contribution is -0.152. The van der Waals surface area contributed by atoms with E-state index >= 15 is 0 Å². The molecule has 0 aliphatic rings. The topological polar surface area (TPSA) is 46.6 Å². The van der Waals surface area contributed by atoms with Gasteiger partial charge < -0.3 is 9.64 Å². The second-order valence-electron chi connectivity index (χ2n) is 5.24. The molecule has 1 amide bonds. The van der Waals surface area contributed by atoms with Crippen molar-refractivity contribution < 1.29 is 14.3 Å². The van der Waals surface area contributed by atoms with Gasteiger partial charge in [0, 0.05) is 12.6 Å². The number of hydrogen-bond donors (Lipinski definition) is 0. The lowest BCUT2D eigenvalue weighted by Crippen LogP contribution is -2.32. The lowest BCUT2D eigenvalue weighted by Gasteiger charge is -2.20. The Kier molecular flexibility index (Phi) is 7.51. The van der Waals surface area contributed by atoms with Crippen LogP contribution in [0.15, 0.2) is 30.3 Å². The third-order valence-corrected chi connectivity index (χ3v) is 3.38. The number of carbonyl (C=O) groups is 2. The molecule has 0 aliphatic heterocycles. The highest BCUT2D eigenvalue weighted by Gasteiger charge is 2.20. The van der Waals surface area contributed by atoms with Gasteiger partial charge in [0.1, 0.15) is 0 Å². The van der Waals surface area contributed by atoms with Crippen molar-refractivity contribution in [3.05, 3.63) is 35.9 Å². The van der Waals surface area contributed by atoms with Crippen LogP contribution in [0.25, 0.3) is 0 Å². The first-order valence-corrected chi connectivity index (χ1v) is 7.57. The number of benzene rings is 1. The standard InChI is InChI=1S/C17H25NO3/c1-4-9-15(10-5-2)17(20)21-13-18(3)16(19)14-11-7-6-8-12-14/h6-8,11-12,15H,4-5,9-10,13H2,1-3H3. The van der Waals surface area contributed by atoms with Gasteiger partial charge in [-0.3, -0.25) is 9.59 Å². The summed E-state index contributed by atoms with van der Waals surface area (Å²) >= 11 is 0. The van der Waals surface area contributed by atoms with E-state index in [2.05, 4.69) is 13.8 Å². The fourth-order valence-electron chi connectivity index (χ4n) is 2.22. The monoisotopic (exact) mass is 291 g/mol. The minimum absolute atomic E-state index is 0.00348. The molecule has 0 radical (unpaired) electrons. The van der Waals surface area contributed by atoms with Crippen LogP contribution in [-0.4, -0.2) is 30.6 Å². The van der Waals surface area contributed by atoms with E-state index in [0.29, 0.717) is 5.56 Å². The number of nitrogens with zero attached hydrogens (tertiary/aromatic N) is 1. The van der Waals surface area contributed by atoms with Crippen LogP contribution < -0.4 is 0 Å². The van der Waals surface area contributed by atoms with Crippen LogP contribution in [0.1, 0.15) is 49.9 Å². The highest BCUT2D eigenvalue weighted by molar-refractivity contribution is 5.94. The van der Waals surface area contributed by atoms with Crippen LogP contribution in [0, 0.1) is 5.92 Å². The maximum atomic E-state index is 12.1. The van der Waals surface area contributed by atoms with Crippen LogP contribution in [0.5, 0.6) is 0 Å². The number of esters is 1. The third-order valence-electron chi connectivity index (χ3n) is 3.38. The average Bonchev–Trinajstić information content (AvgIpc) is 2.52. The van der Waals surface area contributed by atoms with E-state index in [1.165, 1.54) is 4.90 Å². The number of carbonyl (C=O) groups excluding carboxylic acids is 2. The summed E-state index contributed by atoms with van der Waals surface area (Å²) in [4.78, 5) is 25.6. The van der Waals surface area contributed by atoms with Crippen LogP contribution in [-0.2, 0) is 9.53 Å². The van der Waals surface area contributed by atoms with Crippen molar-refractivity contribution in [1.29, 1.82) is 0 Å². The van der Waals surface area contributed by atoms with Crippen molar-refractivity contribution in [2.75, 3.05) is 13.8 Å². The molecule has 116 valence electrons. The Morgan fingerprint density at radius 1 is 1.10 bits per heavy atom. The van der Waals surface area contributed by atoms with Gasteiger partial charge in [0.05, 0.1) is 5.92 Å². The summed E-state index contributed by atoms with van der Waals surface area (Å²) in [6, 6.07) is 8.98. The number of rotatable bonds is 8. The van der Waals surface area contributed by atoms with Gasteiger partial charge in [-0.25, -0.2) is 0 Å². The first kappa shape index (κ1) is 17.2. The maximum Gasteiger partial charge on any atom is 0.310 e. The Hall–Kier alpha value is -1.84. The lowest BCUT2D eigenvalue weighted by atomic mass is 9.99. The van der Waals surface area contributed by atoms with E-state index in [4.69, 9.17) is 4.74 Å². The molecule has 0 aliphatic carbocycles. The molecule has 0 aromatic heterocycles. The molecular weight excluding hydrogens is 266 g/mol. The van der Waals surface area contributed by atoms with E-state index in [1.807, 2.05) is 18.2 Å². The average molecular weight is 291 g/mol. The van der Waals surface area contributed by atoms with Crippen molar-refractivity contribution in [2.24, 2.45) is 5.92 Å². The van der Waals surface area contributed by atoms with E-state index < -0.39 is 0 Å². The molecule has 0 unspecified atom stereocenters. The van der Waals surface area contributed by atoms with Gasteiger partial charge in [-0.15, -0.1) is 0 Å². The minimum atomic E-state index is -0.202. The number of amides is 1. The Morgan fingerprint density at radius 3 is 2.19 bits per heavy atom. The number of hydrogen-bond acceptors (Lipinski definition) is 3. The molecule has 0 fully saturated rings. The van der Waals surface area contributed by atoms with Gasteiger partial charge in [-0.05, 0) is 25.0 Å². The molecule has 4 nitrogen and oxygen atoms in total. The van der Waals surface area contributed by atoms with Crippen LogP contribution >= 0.6 is 0 Å². The minimum Gasteiger partial charge on any atom is -0.444 e. The smallest absolute Gasteiger partial charge is 0.310 e. The van der Waals surface area contributed by atoms with Crippen molar-refractivity contribution in [3.63, 3.8) is 0 Å². The second-order valence-corrected chi connectivity index (χ2v) is 5.24. The van der Waals surface area contributed by atoms with Gasteiger partial charge >= 0.3 is 5.97 Å². The van der Waals surface area contributed by atoms with E-state index in [0.717, 1.165) is 25.7 Å². The summed E-state index contributed by atoms with van der Waals surface area (Å²) in [5.74, 6) is -0.405. The molecular formula is C17H25NO3. The highest BCUT2D eigenvalue weighted by atomic mass is 16.5. The molecule has 4 heteroatoms. The Labute approximate surface area is 127 Å². The molecule has 1 aromatic rings. The number of ether oxygens (including phenoxy) is 1. The summed E-state index contributed by atoms with van der Waals surface area (Å²) < 4.78 is 5.28. The van der Waals surface area contributed by atoms with Crippen LogP contribution in [0.4, 0.5) is 0 Å².